The lowest BCUT2D eigenvalue weighted by Gasteiger charge is -2.16. The van der Waals surface area contributed by atoms with Gasteiger partial charge in [-0.1, -0.05) is 0 Å². The van der Waals surface area contributed by atoms with Crippen LogP contribution in [0.25, 0.3) is 10.9 Å². The van der Waals surface area contributed by atoms with Crippen LogP contribution in [0.3, 0.4) is 0 Å². The average molecular weight is 649 g/mol. The topological polar surface area (TPSA) is 137 Å². The van der Waals surface area contributed by atoms with Crippen molar-refractivity contribution in [1.82, 2.24) is 10.3 Å². The minimum absolute atomic E-state index is 0.0929. The van der Waals surface area contributed by atoms with Gasteiger partial charge in [0.1, 0.15) is 17.0 Å². The summed E-state index contributed by atoms with van der Waals surface area (Å²) in [5.41, 5.74) is -0.235. The molecule has 4 aromatic rings. The van der Waals surface area contributed by atoms with E-state index in [2.05, 4.69) is 25.7 Å². The largest absolute Gasteiger partial charge is 0.493 e. The molecule has 1 heterocycles. The number of hydrogen-bond donors (Lipinski definition) is 3. The SMILES string of the molecule is COC(=O)CCNCCCOc1cc2nccc(Oc3ccc(NC(=O)C4(C(=O)Nc5ccc(F)cc5)CC4)cc3F)c2cc1OC. The maximum atomic E-state index is 15.2. The quantitative estimate of drug-likeness (QED) is 0.0856. The second-order valence-corrected chi connectivity index (χ2v) is 10.9. The molecule has 5 rings (SSSR count). The van der Waals surface area contributed by atoms with E-state index < -0.39 is 28.9 Å². The zero-order valence-electron chi connectivity index (χ0n) is 25.9. The van der Waals surface area contributed by atoms with Crippen LogP contribution in [0.4, 0.5) is 20.2 Å². The highest BCUT2D eigenvalue weighted by atomic mass is 19.1. The van der Waals surface area contributed by atoms with Crippen molar-refractivity contribution >= 4 is 40.1 Å². The number of nitrogens with zero attached hydrogens (tertiary/aromatic N) is 1. The first-order valence-corrected chi connectivity index (χ1v) is 15.0. The van der Waals surface area contributed by atoms with Crippen molar-refractivity contribution in [2.75, 3.05) is 44.5 Å². The summed E-state index contributed by atoms with van der Waals surface area (Å²) in [6.07, 6.45) is 3.15. The van der Waals surface area contributed by atoms with E-state index in [9.17, 15) is 18.8 Å². The van der Waals surface area contributed by atoms with Crippen molar-refractivity contribution in [2.45, 2.75) is 25.7 Å². The van der Waals surface area contributed by atoms with Gasteiger partial charge >= 0.3 is 5.97 Å². The Morgan fingerprint density at radius 2 is 1.55 bits per heavy atom. The van der Waals surface area contributed by atoms with E-state index in [1.165, 1.54) is 56.8 Å². The molecular weight excluding hydrogens is 614 g/mol. The molecule has 3 N–H and O–H groups in total. The summed E-state index contributed by atoms with van der Waals surface area (Å²) in [7, 11) is 2.86. The molecule has 1 aliphatic rings. The van der Waals surface area contributed by atoms with Crippen molar-refractivity contribution in [3.05, 3.63) is 78.5 Å². The fourth-order valence-corrected chi connectivity index (χ4v) is 4.78. The predicted molar refractivity (Wildman–Crippen MR) is 170 cm³/mol. The lowest BCUT2D eigenvalue weighted by Crippen LogP contribution is -2.35. The fraction of sp³-hybridized carbons (Fsp3) is 0.294. The zero-order chi connectivity index (χ0) is 33.4. The van der Waals surface area contributed by atoms with Crippen molar-refractivity contribution in [2.24, 2.45) is 5.41 Å². The normalized spacial score (nSPS) is 13.0. The lowest BCUT2D eigenvalue weighted by atomic mass is 10.0. The van der Waals surface area contributed by atoms with E-state index in [1.54, 1.807) is 18.2 Å². The van der Waals surface area contributed by atoms with Gasteiger partial charge in [-0.3, -0.25) is 19.4 Å². The fourth-order valence-electron chi connectivity index (χ4n) is 4.78. The molecule has 1 fully saturated rings. The van der Waals surface area contributed by atoms with E-state index in [-0.39, 0.29) is 17.4 Å². The molecule has 11 nitrogen and oxygen atoms in total. The van der Waals surface area contributed by atoms with Gasteiger partial charge in [0.2, 0.25) is 11.8 Å². The van der Waals surface area contributed by atoms with Crippen molar-refractivity contribution in [3.8, 4) is 23.0 Å². The summed E-state index contributed by atoms with van der Waals surface area (Å²) in [4.78, 5) is 41.5. The highest BCUT2D eigenvalue weighted by Crippen LogP contribution is 2.47. The van der Waals surface area contributed by atoms with Crippen LogP contribution in [-0.2, 0) is 19.1 Å². The van der Waals surface area contributed by atoms with Crippen LogP contribution in [0.15, 0.2) is 66.9 Å². The Morgan fingerprint density at radius 1 is 0.830 bits per heavy atom. The smallest absolute Gasteiger partial charge is 0.306 e. The van der Waals surface area contributed by atoms with Crippen molar-refractivity contribution in [1.29, 1.82) is 0 Å². The Bertz CT molecular complexity index is 1760. The summed E-state index contributed by atoms with van der Waals surface area (Å²) >= 11 is 0. The first kappa shape index (κ1) is 33.1. The summed E-state index contributed by atoms with van der Waals surface area (Å²) in [5, 5.41) is 8.97. The van der Waals surface area contributed by atoms with E-state index in [1.807, 2.05) is 0 Å². The maximum absolute atomic E-state index is 15.2. The molecule has 1 saturated carbocycles. The molecule has 0 unspecified atom stereocenters. The second kappa shape index (κ2) is 14.9. The molecule has 0 radical (unpaired) electrons. The summed E-state index contributed by atoms with van der Waals surface area (Å²) in [6.45, 7) is 1.54. The molecule has 3 aromatic carbocycles. The third kappa shape index (κ3) is 8.11. The Morgan fingerprint density at radius 3 is 2.23 bits per heavy atom. The summed E-state index contributed by atoms with van der Waals surface area (Å²) in [6, 6.07) is 14.2. The molecule has 1 aliphatic carbocycles. The number of benzene rings is 3. The van der Waals surface area contributed by atoms with Gasteiger partial charge in [-0.2, -0.15) is 0 Å². The van der Waals surface area contributed by atoms with Gasteiger partial charge < -0.3 is 34.9 Å². The Kier molecular flexibility index (Phi) is 10.5. The molecular formula is C34H34F2N4O7. The van der Waals surface area contributed by atoms with Crippen molar-refractivity contribution < 1.29 is 42.1 Å². The number of halogens is 2. The van der Waals surface area contributed by atoms with E-state index in [0.717, 1.165) is 6.07 Å². The van der Waals surface area contributed by atoms with Gasteiger partial charge in [-0.05, 0) is 74.3 Å². The van der Waals surface area contributed by atoms with Gasteiger partial charge in [0, 0.05) is 41.6 Å². The van der Waals surface area contributed by atoms with Crippen LogP contribution in [0.1, 0.15) is 25.7 Å². The molecule has 0 spiro atoms. The number of ether oxygens (including phenoxy) is 4. The molecule has 1 aromatic heterocycles. The summed E-state index contributed by atoms with van der Waals surface area (Å²) in [5.74, 6) is -1.39. The number of methoxy groups -OCH3 is 2. The molecule has 0 atom stereocenters. The molecule has 13 heteroatoms. The lowest BCUT2D eigenvalue weighted by molar-refractivity contribution is -0.140. The zero-order valence-corrected chi connectivity index (χ0v) is 25.9. The van der Waals surface area contributed by atoms with Crippen LogP contribution in [0, 0.1) is 17.0 Å². The highest BCUT2D eigenvalue weighted by molar-refractivity contribution is 6.16. The predicted octanol–water partition coefficient (Wildman–Crippen LogP) is 5.59. The van der Waals surface area contributed by atoms with E-state index in [4.69, 9.17) is 14.2 Å². The van der Waals surface area contributed by atoms with E-state index >= 15 is 4.39 Å². The first-order valence-electron chi connectivity index (χ1n) is 15.0. The van der Waals surface area contributed by atoms with E-state index in [0.29, 0.717) is 79.2 Å². The standard InChI is InChI=1S/C34H34F2N4O7/c1-44-29-19-24-26(20-30(29)46-17-3-14-37-15-11-31(41)45-2)38-16-10-27(24)47-28-9-8-23(18-25(28)36)40-33(43)34(12-13-34)32(42)39-22-6-4-21(35)5-7-22/h4-10,16,18-20,37H,3,11-15,17H2,1-2H3,(H,39,42)(H,40,43). The number of amides is 2. The van der Waals surface area contributed by atoms with Gasteiger partial charge in [-0.25, -0.2) is 8.78 Å². The minimum Gasteiger partial charge on any atom is -0.493 e. The number of aromatic nitrogens is 1. The van der Waals surface area contributed by atoms with Crippen LogP contribution in [-0.4, -0.2) is 56.7 Å². The Balaban J connectivity index is 1.21. The summed E-state index contributed by atoms with van der Waals surface area (Å²) < 4.78 is 50.4. The average Bonchev–Trinajstić information content (AvgIpc) is 3.89. The number of fused-ring (bicyclic) bond motifs is 1. The van der Waals surface area contributed by atoms with Crippen LogP contribution < -0.4 is 30.2 Å². The molecule has 2 amide bonds. The van der Waals surface area contributed by atoms with Gasteiger partial charge in [0.05, 0.1) is 32.8 Å². The highest BCUT2D eigenvalue weighted by Gasteiger charge is 2.56. The van der Waals surface area contributed by atoms with Gasteiger partial charge in [0.25, 0.3) is 0 Å². The van der Waals surface area contributed by atoms with Crippen molar-refractivity contribution in [3.63, 3.8) is 0 Å². The number of anilines is 2. The number of rotatable bonds is 15. The Hall–Kier alpha value is -5.30. The first-order chi connectivity index (χ1) is 22.7. The monoisotopic (exact) mass is 648 g/mol. The number of hydrogen-bond acceptors (Lipinski definition) is 9. The molecule has 246 valence electrons. The van der Waals surface area contributed by atoms with Crippen LogP contribution in [0.5, 0.6) is 23.0 Å². The van der Waals surface area contributed by atoms with Crippen LogP contribution >= 0.6 is 0 Å². The number of nitrogens with one attached hydrogen (secondary N) is 3. The third-order valence-corrected chi connectivity index (χ3v) is 7.61. The molecule has 0 saturated heterocycles. The molecule has 47 heavy (non-hydrogen) atoms. The number of esters is 1. The Labute approximate surface area is 269 Å². The van der Waals surface area contributed by atoms with Crippen LogP contribution in [0.2, 0.25) is 0 Å². The van der Waals surface area contributed by atoms with Gasteiger partial charge in [-0.15, -0.1) is 0 Å². The maximum Gasteiger partial charge on any atom is 0.306 e. The molecule has 0 aliphatic heterocycles. The molecule has 0 bridgehead atoms. The number of carbonyl (C=O) groups is 3. The third-order valence-electron chi connectivity index (χ3n) is 7.61. The minimum atomic E-state index is -1.29. The second-order valence-electron chi connectivity index (χ2n) is 10.9. The van der Waals surface area contributed by atoms with Gasteiger partial charge in [0.15, 0.2) is 23.1 Å². The number of pyridine rings is 1. The number of carbonyl (C=O) groups excluding carboxylic acids is 3.